The standard InChI is InChI=1S/C7HBrF6INO/c8-4-3(15)1-2(6(9,10)11)5(16-4)17-7(12,13)14/h1H. The van der Waals surface area contributed by atoms with Gasteiger partial charge in [-0.15, -0.1) is 13.2 Å². The maximum atomic E-state index is 12.4. The van der Waals surface area contributed by atoms with Crippen molar-refractivity contribution in [2.24, 2.45) is 0 Å². The van der Waals surface area contributed by atoms with Gasteiger partial charge < -0.3 is 4.74 Å². The van der Waals surface area contributed by atoms with Crippen LogP contribution in [-0.2, 0) is 6.18 Å². The van der Waals surface area contributed by atoms with E-state index in [2.05, 4.69) is 25.7 Å². The lowest BCUT2D eigenvalue weighted by atomic mass is 10.2. The Hall–Kier alpha value is -0.260. The van der Waals surface area contributed by atoms with Crippen molar-refractivity contribution in [2.45, 2.75) is 12.5 Å². The molecule has 0 aliphatic carbocycles. The smallest absolute Gasteiger partial charge is 0.387 e. The molecule has 1 aromatic heterocycles. The molecule has 0 bridgehead atoms. The predicted octanol–water partition coefficient (Wildman–Crippen LogP) is 4.37. The average molecular weight is 436 g/mol. The van der Waals surface area contributed by atoms with E-state index in [1.54, 1.807) is 0 Å². The summed E-state index contributed by atoms with van der Waals surface area (Å²) in [7, 11) is 0. The summed E-state index contributed by atoms with van der Waals surface area (Å²) >= 11 is 4.22. The molecule has 0 fully saturated rings. The van der Waals surface area contributed by atoms with Crippen LogP contribution >= 0.6 is 38.5 Å². The number of hydrogen-bond acceptors (Lipinski definition) is 2. The van der Waals surface area contributed by atoms with Gasteiger partial charge in [0.15, 0.2) is 0 Å². The number of hydrogen-bond donors (Lipinski definition) is 0. The number of nitrogens with zero attached hydrogens (tertiary/aromatic N) is 1. The number of ether oxygens (including phenoxy) is 1. The van der Waals surface area contributed by atoms with Crippen LogP contribution in [0.25, 0.3) is 0 Å². The Balaban J connectivity index is 3.32. The second-order valence-corrected chi connectivity index (χ2v) is 4.57. The molecule has 0 spiro atoms. The zero-order valence-electron chi connectivity index (χ0n) is 7.46. The van der Waals surface area contributed by atoms with Gasteiger partial charge in [-0.1, -0.05) is 0 Å². The van der Waals surface area contributed by atoms with Crippen molar-refractivity contribution in [3.05, 3.63) is 19.8 Å². The maximum absolute atomic E-state index is 12.4. The number of aromatic nitrogens is 1. The molecule has 1 heterocycles. The minimum absolute atomic E-state index is 0.0180. The lowest BCUT2D eigenvalue weighted by Gasteiger charge is -2.15. The second kappa shape index (κ2) is 4.78. The van der Waals surface area contributed by atoms with Crippen LogP contribution in [0, 0.1) is 3.57 Å². The monoisotopic (exact) mass is 435 g/mol. The van der Waals surface area contributed by atoms with Crippen LogP contribution in [0.2, 0.25) is 0 Å². The molecule has 0 radical (unpaired) electrons. The fourth-order valence-electron chi connectivity index (χ4n) is 0.841. The van der Waals surface area contributed by atoms with Crippen molar-refractivity contribution in [3.63, 3.8) is 0 Å². The fraction of sp³-hybridized carbons (Fsp3) is 0.286. The summed E-state index contributed by atoms with van der Waals surface area (Å²) in [4.78, 5) is 3.07. The van der Waals surface area contributed by atoms with Crippen molar-refractivity contribution < 1.29 is 31.1 Å². The Morgan fingerprint density at radius 3 is 2.12 bits per heavy atom. The Labute approximate surface area is 113 Å². The second-order valence-electron chi connectivity index (χ2n) is 2.66. The molecule has 0 unspecified atom stereocenters. The lowest BCUT2D eigenvalue weighted by Crippen LogP contribution is -2.21. The topological polar surface area (TPSA) is 22.1 Å². The third-order valence-corrected chi connectivity index (χ3v) is 3.58. The van der Waals surface area contributed by atoms with E-state index in [0.29, 0.717) is 6.07 Å². The van der Waals surface area contributed by atoms with E-state index in [-0.39, 0.29) is 8.17 Å². The summed E-state index contributed by atoms with van der Waals surface area (Å²) in [6.45, 7) is 0. The summed E-state index contributed by atoms with van der Waals surface area (Å²) in [5, 5.41) is 0. The van der Waals surface area contributed by atoms with Gasteiger partial charge in [-0.05, 0) is 44.6 Å². The van der Waals surface area contributed by atoms with E-state index in [9.17, 15) is 26.3 Å². The van der Waals surface area contributed by atoms with Crippen molar-refractivity contribution in [3.8, 4) is 5.88 Å². The third-order valence-electron chi connectivity index (χ3n) is 1.42. The van der Waals surface area contributed by atoms with Gasteiger partial charge in [0, 0.05) is 3.57 Å². The quantitative estimate of drug-likeness (QED) is 0.371. The molecule has 1 aromatic rings. The largest absolute Gasteiger partial charge is 0.574 e. The normalized spacial score (nSPS) is 12.7. The molecule has 0 saturated heterocycles. The zero-order chi connectivity index (χ0) is 13.4. The van der Waals surface area contributed by atoms with Crippen molar-refractivity contribution in [1.29, 1.82) is 0 Å². The van der Waals surface area contributed by atoms with Crippen molar-refractivity contribution in [1.82, 2.24) is 4.98 Å². The van der Waals surface area contributed by atoms with Crippen LogP contribution in [0.1, 0.15) is 5.56 Å². The minimum atomic E-state index is -5.24. The molecule has 0 saturated carbocycles. The van der Waals surface area contributed by atoms with Gasteiger partial charge in [-0.2, -0.15) is 13.2 Å². The molecule has 0 aliphatic rings. The Bertz CT molecular complexity index is 432. The number of pyridine rings is 1. The summed E-state index contributed by atoms with van der Waals surface area (Å²) in [6.07, 6.45) is -10.2. The van der Waals surface area contributed by atoms with Gasteiger partial charge in [0.2, 0.25) is 5.88 Å². The first-order chi connectivity index (χ1) is 7.50. The van der Waals surface area contributed by atoms with Gasteiger partial charge >= 0.3 is 12.5 Å². The Morgan fingerprint density at radius 2 is 1.71 bits per heavy atom. The molecule has 10 heteroatoms. The van der Waals surface area contributed by atoms with Gasteiger partial charge in [0.1, 0.15) is 10.2 Å². The van der Waals surface area contributed by atoms with Crippen molar-refractivity contribution in [2.75, 3.05) is 0 Å². The number of alkyl halides is 6. The Morgan fingerprint density at radius 1 is 1.18 bits per heavy atom. The maximum Gasteiger partial charge on any atom is 0.574 e. The number of rotatable bonds is 1. The summed E-state index contributed by atoms with van der Waals surface area (Å²) < 4.78 is 76.1. The lowest BCUT2D eigenvalue weighted by molar-refractivity contribution is -0.277. The van der Waals surface area contributed by atoms with Crippen LogP contribution in [-0.4, -0.2) is 11.3 Å². The highest BCUT2D eigenvalue weighted by molar-refractivity contribution is 14.1. The van der Waals surface area contributed by atoms with Gasteiger partial charge in [0.25, 0.3) is 0 Å². The molecule has 96 valence electrons. The van der Waals surface area contributed by atoms with Crippen LogP contribution in [0.5, 0.6) is 5.88 Å². The first kappa shape index (κ1) is 14.8. The van der Waals surface area contributed by atoms with E-state index in [1.807, 2.05) is 0 Å². The first-order valence-corrected chi connectivity index (χ1v) is 5.57. The van der Waals surface area contributed by atoms with Crippen LogP contribution in [0.4, 0.5) is 26.3 Å². The number of halogens is 8. The van der Waals surface area contributed by atoms with Crippen LogP contribution < -0.4 is 4.74 Å². The van der Waals surface area contributed by atoms with E-state index >= 15 is 0 Å². The first-order valence-electron chi connectivity index (χ1n) is 3.69. The molecule has 0 N–H and O–H groups in total. The highest BCUT2D eigenvalue weighted by Gasteiger charge is 2.41. The summed E-state index contributed by atoms with van der Waals surface area (Å²) in [5.74, 6) is -1.53. The molecule has 0 aliphatic heterocycles. The minimum Gasteiger partial charge on any atom is -0.387 e. The van der Waals surface area contributed by atoms with E-state index < -0.39 is 24.0 Å². The zero-order valence-corrected chi connectivity index (χ0v) is 11.2. The van der Waals surface area contributed by atoms with Gasteiger partial charge in [0.05, 0.1) is 0 Å². The van der Waals surface area contributed by atoms with E-state index in [1.165, 1.54) is 22.6 Å². The van der Waals surface area contributed by atoms with E-state index in [0.717, 1.165) is 0 Å². The van der Waals surface area contributed by atoms with Crippen LogP contribution in [0.15, 0.2) is 10.7 Å². The van der Waals surface area contributed by atoms with E-state index in [4.69, 9.17) is 0 Å². The predicted molar refractivity (Wildman–Crippen MR) is 56.3 cm³/mol. The molecular weight excluding hydrogens is 435 g/mol. The molecule has 0 amide bonds. The Kier molecular flexibility index (Phi) is 4.16. The van der Waals surface area contributed by atoms with Gasteiger partial charge in [-0.25, -0.2) is 4.98 Å². The summed E-state index contributed by atoms with van der Waals surface area (Å²) in [6, 6.07) is 0.513. The average Bonchev–Trinajstić information content (AvgIpc) is 2.06. The van der Waals surface area contributed by atoms with Gasteiger partial charge in [-0.3, -0.25) is 0 Å². The molecular formula is C7HBrF6INO. The SMILES string of the molecule is FC(F)(F)Oc1nc(Br)c(I)cc1C(F)(F)F. The molecule has 2 nitrogen and oxygen atoms in total. The molecule has 17 heavy (non-hydrogen) atoms. The third kappa shape index (κ3) is 4.16. The molecule has 0 atom stereocenters. The summed E-state index contributed by atoms with van der Waals surface area (Å²) in [5.41, 5.74) is -1.58. The highest BCUT2D eigenvalue weighted by Crippen LogP contribution is 2.39. The fourth-order valence-corrected chi connectivity index (χ4v) is 1.55. The molecule has 1 rings (SSSR count). The van der Waals surface area contributed by atoms with Crippen LogP contribution in [0.3, 0.4) is 0 Å². The molecule has 0 aromatic carbocycles. The van der Waals surface area contributed by atoms with Crippen molar-refractivity contribution >= 4 is 38.5 Å². The highest BCUT2D eigenvalue weighted by atomic mass is 127.